The molecule has 0 spiro atoms. The van der Waals surface area contributed by atoms with E-state index in [9.17, 15) is 0 Å². The monoisotopic (exact) mass is 195 g/mol. The second-order valence-electron chi connectivity index (χ2n) is 3.83. The molecule has 0 saturated carbocycles. The molecular weight excluding hydrogens is 178 g/mol. The molecule has 2 rings (SSSR count). The highest BCUT2D eigenvalue weighted by Crippen LogP contribution is 2.11. The van der Waals surface area contributed by atoms with Crippen LogP contribution in [0.15, 0.2) is 6.33 Å². The van der Waals surface area contributed by atoms with Crippen LogP contribution in [0.1, 0.15) is 18.7 Å². The molecule has 5 nitrogen and oxygen atoms in total. The topological polar surface area (TPSA) is 56.8 Å². The quantitative estimate of drug-likeness (QED) is 0.712. The van der Waals surface area contributed by atoms with Crippen LogP contribution in [0.3, 0.4) is 0 Å². The van der Waals surface area contributed by atoms with Gasteiger partial charge in [0, 0.05) is 6.04 Å². The molecule has 1 fully saturated rings. The first-order valence-electron chi connectivity index (χ1n) is 5.11. The van der Waals surface area contributed by atoms with Crippen molar-refractivity contribution in [2.45, 2.75) is 25.4 Å². The van der Waals surface area contributed by atoms with Crippen LogP contribution in [0.5, 0.6) is 0 Å². The van der Waals surface area contributed by atoms with Crippen molar-refractivity contribution < 1.29 is 0 Å². The molecule has 5 heteroatoms. The highest BCUT2D eigenvalue weighted by atomic mass is 15.2. The maximum absolute atomic E-state index is 4.13. The molecule has 14 heavy (non-hydrogen) atoms. The molecule has 0 aliphatic carbocycles. The van der Waals surface area contributed by atoms with Gasteiger partial charge >= 0.3 is 0 Å². The van der Waals surface area contributed by atoms with Gasteiger partial charge in [0.25, 0.3) is 0 Å². The minimum absolute atomic E-state index is 0.682. The van der Waals surface area contributed by atoms with Crippen LogP contribution < -0.4 is 5.32 Å². The summed E-state index contributed by atoms with van der Waals surface area (Å²) >= 11 is 0. The zero-order chi connectivity index (χ0) is 9.80. The summed E-state index contributed by atoms with van der Waals surface area (Å²) < 4.78 is 0. The van der Waals surface area contributed by atoms with E-state index in [0.717, 1.165) is 25.5 Å². The summed E-state index contributed by atoms with van der Waals surface area (Å²) in [7, 11) is 2.15. The molecule has 0 atom stereocenters. The van der Waals surface area contributed by atoms with E-state index >= 15 is 0 Å². The second kappa shape index (κ2) is 4.52. The standard InChI is InChI=1S/C9H17N5/c1-14(6-9-11-7-12-13-9)8-2-4-10-5-3-8/h7-8,10H,2-6H2,1H3,(H,11,12,13). The Morgan fingerprint density at radius 2 is 2.29 bits per heavy atom. The lowest BCUT2D eigenvalue weighted by atomic mass is 10.1. The Bertz CT molecular complexity index is 252. The van der Waals surface area contributed by atoms with Crippen LogP contribution in [0.2, 0.25) is 0 Å². The van der Waals surface area contributed by atoms with E-state index in [4.69, 9.17) is 0 Å². The van der Waals surface area contributed by atoms with E-state index in [1.165, 1.54) is 12.8 Å². The molecule has 1 aromatic heterocycles. The van der Waals surface area contributed by atoms with Gasteiger partial charge in [-0.25, -0.2) is 4.98 Å². The van der Waals surface area contributed by atoms with Crippen molar-refractivity contribution in [1.82, 2.24) is 25.4 Å². The van der Waals surface area contributed by atoms with Crippen LogP contribution >= 0.6 is 0 Å². The summed E-state index contributed by atoms with van der Waals surface area (Å²) in [6.45, 7) is 3.13. The summed E-state index contributed by atoms with van der Waals surface area (Å²) in [6, 6.07) is 0.682. The first kappa shape index (κ1) is 9.61. The van der Waals surface area contributed by atoms with Gasteiger partial charge in [0.15, 0.2) is 0 Å². The lowest BCUT2D eigenvalue weighted by Gasteiger charge is -2.30. The van der Waals surface area contributed by atoms with Gasteiger partial charge in [-0.15, -0.1) is 0 Å². The molecule has 0 unspecified atom stereocenters. The molecule has 0 amide bonds. The van der Waals surface area contributed by atoms with Crippen molar-refractivity contribution in [1.29, 1.82) is 0 Å². The Labute approximate surface area is 83.9 Å². The smallest absolute Gasteiger partial charge is 0.138 e. The van der Waals surface area contributed by atoms with Gasteiger partial charge in [0.2, 0.25) is 0 Å². The molecule has 1 aliphatic rings. The lowest BCUT2D eigenvalue weighted by Crippen LogP contribution is -2.40. The third kappa shape index (κ3) is 2.30. The Balaban J connectivity index is 1.85. The first-order valence-corrected chi connectivity index (χ1v) is 5.11. The fraction of sp³-hybridized carbons (Fsp3) is 0.778. The lowest BCUT2D eigenvalue weighted by molar-refractivity contribution is 0.188. The molecule has 2 heterocycles. The van der Waals surface area contributed by atoms with Crippen LogP contribution in [0.25, 0.3) is 0 Å². The van der Waals surface area contributed by atoms with Gasteiger partial charge in [-0.05, 0) is 33.0 Å². The molecule has 0 aromatic carbocycles. The minimum Gasteiger partial charge on any atom is -0.317 e. The highest BCUT2D eigenvalue weighted by molar-refractivity contribution is 4.83. The zero-order valence-electron chi connectivity index (χ0n) is 8.53. The molecular formula is C9H17N5. The summed E-state index contributed by atoms with van der Waals surface area (Å²) in [5, 5.41) is 10.1. The van der Waals surface area contributed by atoms with Crippen molar-refractivity contribution in [3.8, 4) is 0 Å². The number of aromatic amines is 1. The van der Waals surface area contributed by atoms with Crippen LogP contribution in [-0.4, -0.2) is 46.3 Å². The van der Waals surface area contributed by atoms with E-state index in [1.807, 2.05) is 0 Å². The number of H-pyrrole nitrogens is 1. The molecule has 0 bridgehead atoms. The van der Waals surface area contributed by atoms with Gasteiger partial charge < -0.3 is 5.32 Å². The van der Waals surface area contributed by atoms with E-state index in [0.29, 0.717) is 6.04 Å². The average molecular weight is 195 g/mol. The van der Waals surface area contributed by atoms with Gasteiger partial charge in [-0.2, -0.15) is 5.10 Å². The van der Waals surface area contributed by atoms with Crippen molar-refractivity contribution in [3.63, 3.8) is 0 Å². The number of aromatic nitrogens is 3. The molecule has 1 aromatic rings. The fourth-order valence-corrected chi connectivity index (χ4v) is 1.92. The predicted molar refractivity (Wildman–Crippen MR) is 53.7 cm³/mol. The maximum atomic E-state index is 4.13. The van der Waals surface area contributed by atoms with Crippen molar-refractivity contribution in [3.05, 3.63) is 12.2 Å². The van der Waals surface area contributed by atoms with E-state index in [1.54, 1.807) is 6.33 Å². The second-order valence-corrected chi connectivity index (χ2v) is 3.83. The van der Waals surface area contributed by atoms with Crippen LogP contribution in [0, 0.1) is 0 Å². The van der Waals surface area contributed by atoms with Crippen molar-refractivity contribution in [2.24, 2.45) is 0 Å². The summed E-state index contributed by atoms with van der Waals surface area (Å²) in [5.41, 5.74) is 0. The zero-order valence-corrected chi connectivity index (χ0v) is 8.53. The van der Waals surface area contributed by atoms with Gasteiger partial charge in [0.1, 0.15) is 12.2 Å². The summed E-state index contributed by atoms with van der Waals surface area (Å²) in [6.07, 6.45) is 4.01. The van der Waals surface area contributed by atoms with Crippen molar-refractivity contribution >= 4 is 0 Å². The third-order valence-electron chi connectivity index (χ3n) is 2.80. The maximum Gasteiger partial charge on any atom is 0.138 e. The Morgan fingerprint density at radius 1 is 1.50 bits per heavy atom. The number of hydrogen-bond donors (Lipinski definition) is 2. The van der Waals surface area contributed by atoms with Gasteiger partial charge in [0.05, 0.1) is 6.54 Å². The summed E-state index contributed by atoms with van der Waals surface area (Å²) in [5.74, 6) is 0.950. The minimum atomic E-state index is 0.682. The van der Waals surface area contributed by atoms with Crippen LogP contribution in [-0.2, 0) is 6.54 Å². The number of nitrogens with zero attached hydrogens (tertiary/aromatic N) is 3. The predicted octanol–water partition coefficient (Wildman–Crippen LogP) is -0.0115. The first-order chi connectivity index (χ1) is 6.86. The normalized spacial score (nSPS) is 19.0. The van der Waals surface area contributed by atoms with E-state index in [2.05, 4.69) is 32.4 Å². The average Bonchev–Trinajstić information content (AvgIpc) is 2.72. The number of piperidine rings is 1. The van der Waals surface area contributed by atoms with Gasteiger partial charge in [-0.3, -0.25) is 10.00 Å². The van der Waals surface area contributed by atoms with Gasteiger partial charge in [-0.1, -0.05) is 0 Å². The summed E-state index contributed by atoms with van der Waals surface area (Å²) in [4.78, 5) is 6.48. The number of rotatable bonds is 3. The largest absolute Gasteiger partial charge is 0.317 e. The Kier molecular flexibility index (Phi) is 3.10. The molecule has 2 N–H and O–H groups in total. The molecule has 78 valence electrons. The van der Waals surface area contributed by atoms with E-state index < -0.39 is 0 Å². The van der Waals surface area contributed by atoms with E-state index in [-0.39, 0.29) is 0 Å². The molecule has 0 radical (unpaired) electrons. The SMILES string of the molecule is CN(Cc1ncn[nH]1)C1CCNCC1. The number of nitrogens with one attached hydrogen (secondary N) is 2. The number of hydrogen-bond acceptors (Lipinski definition) is 4. The Morgan fingerprint density at radius 3 is 2.93 bits per heavy atom. The molecule has 1 aliphatic heterocycles. The van der Waals surface area contributed by atoms with Crippen molar-refractivity contribution in [2.75, 3.05) is 20.1 Å². The highest BCUT2D eigenvalue weighted by Gasteiger charge is 2.18. The third-order valence-corrected chi connectivity index (χ3v) is 2.80. The Hall–Kier alpha value is -0.940. The molecule has 1 saturated heterocycles. The fourth-order valence-electron chi connectivity index (χ4n) is 1.92. The van der Waals surface area contributed by atoms with Crippen LogP contribution in [0.4, 0.5) is 0 Å².